The Bertz CT molecular complexity index is 97.7. The summed E-state index contributed by atoms with van der Waals surface area (Å²) in [5, 5.41) is 8.23. The van der Waals surface area contributed by atoms with Gasteiger partial charge in [0.15, 0.2) is 0 Å². The molecule has 0 bridgehead atoms. The van der Waals surface area contributed by atoms with Crippen molar-refractivity contribution in [1.29, 1.82) is 0 Å². The van der Waals surface area contributed by atoms with Gasteiger partial charge in [0, 0.05) is 5.75 Å². The highest BCUT2D eigenvalue weighted by Gasteiger charge is 1.94. The van der Waals surface area contributed by atoms with Crippen LogP contribution < -0.4 is 5.73 Å². The van der Waals surface area contributed by atoms with Gasteiger partial charge in [0.25, 0.3) is 0 Å². The molecule has 0 radical (unpaired) electrons. The molecular formula is C6H13NO2S. The van der Waals surface area contributed by atoms with Crippen molar-refractivity contribution in [2.45, 2.75) is 12.8 Å². The molecule has 10 heavy (non-hydrogen) atoms. The minimum absolute atomic E-state index is 0.259. The lowest BCUT2D eigenvalue weighted by Crippen LogP contribution is -2.01. The Balaban J connectivity index is 2.84. The van der Waals surface area contributed by atoms with E-state index in [0.29, 0.717) is 12.3 Å². The maximum absolute atomic E-state index is 9.99. The lowest BCUT2D eigenvalue weighted by atomic mass is 10.5. The van der Waals surface area contributed by atoms with Crippen molar-refractivity contribution >= 4 is 17.7 Å². The van der Waals surface area contributed by atoms with Crippen molar-refractivity contribution in [2.75, 3.05) is 18.1 Å². The Morgan fingerprint density at radius 3 is 2.70 bits per heavy atom. The lowest BCUT2D eigenvalue weighted by molar-refractivity contribution is -0.136. The molecule has 0 fully saturated rings. The van der Waals surface area contributed by atoms with Crippen LogP contribution in [0.2, 0.25) is 0 Å². The molecule has 0 unspecified atom stereocenters. The predicted octanol–water partition coefficient (Wildman–Crippen LogP) is 0.543. The molecule has 0 aromatic heterocycles. The molecule has 0 aliphatic rings. The first kappa shape index (κ1) is 9.78. The average Bonchev–Trinajstić information content (AvgIpc) is 1.87. The van der Waals surface area contributed by atoms with Crippen LogP contribution in [0.15, 0.2) is 0 Å². The molecule has 0 amide bonds. The van der Waals surface area contributed by atoms with Gasteiger partial charge in [0.05, 0.1) is 6.42 Å². The maximum atomic E-state index is 9.99. The number of aliphatic carboxylic acids is 1. The second-order valence-electron chi connectivity index (χ2n) is 1.90. The molecular weight excluding hydrogens is 150 g/mol. The van der Waals surface area contributed by atoms with Gasteiger partial charge in [-0.1, -0.05) is 0 Å². The van der Waals surface area contributed by atoms with E-state index in [4.69, 9.17) is 10.8 Å². The van der Waals surface area contributed by atoms with Gasteiger partial charge >= 0.3 is 5.97 Å². The number of carboxylic acid groups (broad SMARTS) is 1. The summed E-state index contributed by atoms with van der Waals surface area (Å²) in [6, 6.07) is 0. The third kappa shape index (κ3) is 7.78. The minimum Gasteiger partial charge on any atom is -0.481 e. The Morgan fingerprint density at radius 1 is 1.50 bits per heavy atom. The monoisotopic (exact) mass is 163 g/mol. The Kier molecular flexibility index (Phi) is 6.74. The standard InChI is InChI=1S/C6H13NO2S/c7-3-1-4-10-5-2-6(8)9/h1-5,7H2,(H,8,9). The van der Waals surface area contributed by atoms with E-state index < -0.39 is 5.97 Å². The number of hydrogen-bond donors (Lipinski definition) is 2. The quantitative estimate of drug-likeness (QED) is 0.561. The number of rotatable bonds is 6. The first-order chi connectivity index (χ1) is 4.77. The summed E-state index contributed by atoms with van der Waals surface area (Å²) < 4.78 is 0. The van der Waals surface area contributed by atoms with E-state index in [1.807, 2.05) is 0 Å². The summed E-state index contributed by atoms with van der Waals surface area (Å²) in [5.41, 5.74) is 5.24. The van der Waals surface area contributed by atoms with Gasteiger partial charge in [0.2, 0.25) is 0 Å². The number of thioether (sulfide) groups is 1. The average molecular weight is 163 g/mol. The molecule has 3 N–H and O–H groups in total. The fraction of sp³-hybridized carbons (Fsp3) is 0.833. The summed E-state index contributed by atoms with van der Waals surface area (Å²) in [5.74, 6) is 0.958. The summed E-state index contributed by atoms with van der Waals surface area (Å²) in [7, 11) is 0. The van der Waals surface area contributed by atoms with Crippen LogP contribution in [0.4, 0.5) is 0 Å². The van der Waals surface area contributed by atoms with Gasteiger partial charge < -0.3 is 10.8 Å². The molecule has 0 saturated heterocycles. The molecule has 0 aromatic rings. The van der Waals surface area contributed by atoms with E-state index in [2.05, 4.69) is 0 Å². The highest BCUT2D eigenvalue weighted by atomic mass is 32.2. The van der Waals surface area contributed by atoms with E-state index >= 15 is 0 Å². The zero-order valence-electron chi connectivity index (χ0n) is 5.88. The topological polar surface area (TPSA) is 63.3 Å². The molecule has 0 aliphatic carbocycles. The second kappa shape index (κ2) is 6.89. The Labute approximate surface area is 65.0 Å². The number of hydrogen-bond acceptors (Lipinski definition) is 3. The van der Waals surface area contributed by atoms with Crippen LogP contribution in [-0.4, -0.2) is 29.1 Å². The molecule has 0 saturated carbocycles. The van der Waals surface area contributed by atoms with Crippen molar-refractivity contribution in [3.63, 3.8) is 0 Å². The van der Waals surface area contributed by atoms with Gasteiger partial charge in [-0.05, 0) is 18.7 Å². The summed E-state index contributed by atoms with van der Waals surface area (Å²) >= 11 is 1.65. The highest BCUT2D eigenvalue weighted by molar-refractivity contribution is 7.99. The third-order valence-corrected chi connectivity index (χ3v) is 2.02. The smallest absolute Gasteiger partial charge is 0.304 e. The van der Waals surface area contributed by atoms with Crippen molar-refractivity contribution in [3.8, 4) is 0 Å². The van der Waals surface area contributed by atoms with E-state index in [-0.39, 0.29) is 6.42 Å². The van der Waals surface area contributed by atoms with Crippen molar-refractivity contribution in [1.82, 2.24) is 0 Å². The molecule has 3 nitrogen and oxygen atoms in total. The molecule has 0 aliphatic heterocycles. The highest BCUT2D eigenvalue weighted by Crippen LogP contribution is 2.02. The Hall–Kier alpha value is -0.220. The number of carboxylic acids is 1. The lowest BCUT2D eigenvalue weighted by Gasteiger charge is -1.95. The van der Waals surface area contributed by atoms with Crippen LogP contribution in [0.1, 0.15) is 12.8 Å². The minimum atomic E-state index is -0.722. The molecule has 0 atom stereocenters. The van der Waals surface area contributed by atoms with Crippen LogP contribution >= 0.6 is 11.8 Å². The fourth-order valence-corrected chi connectivity index (χ4v) is 1.34. The van der Waals surface area contributed by atoms with Gasteiger partial charge in [0.1, 0.15) is 0 Å². The van der Waals surface area contributed by atoms with Crippen LogP contribution in [0.3, 0.4) is 0 Å². The zero-order valence-corrected chi connectivity index (χ0v) is 6.69. The molecule has 60 valence electrons. The van der Waals surface area contributed by atoms with E-state index in [0.717, 1.165) is 12.2 Å². The molecule has 4 heteroatoms. The zero-order chi connectivity index (χ0) is 7.82. The van der Waals surface area contributed by atoms with Crippen molar-refractivity contribution < 1.29 is 9.90 Å². The predicted molar refractivity (Wildman–Crippen MR) is 43.2 cm³/mol. The summed E-state index contributed by atoms with van der Waals surface area (Å²) in [4.78, 5) is 9.99. The van der Waals surface area contributed by atoms with Crippen LogP contribution in [-0.2, 0) is 4.79 Å². The van der Waals surface area contributed by atoms with Gasteiger partial charge in [-0.15, -0.1) is 0 Å². The van der Waals surface area contributed by atoms with E-state index in [1.54, 1.807) is 11.8 Å². The van der Waals surface area contributed by atoms with E-state index in [9.17, 15) is 4.79 Å². The van der Waals surface area contributed by atoms with Crippen molar-refractivity contribution in [2.24, 2.45) is 5.73 Å². The number of carbonyl (C=O) groups is 1. The van der Waals surface area contributed by atoms with Crippen LogP contribution in [0, 0.1) is 0 Å². The molecule has 0 heterocycles. The first-order valence-corrected chi connectivity index (χ1v) is 4.42. The summed E-state index contributed by atoms with van der Waals surface area (Å²) in [6.45, 7) is 0.695. The maximum Gasteiger partial charge on any atom is 0.304 e. The first-order valence-electron chi connectivity index (χ1n) is 3.27. The third-order valence-electron chi connectivity index (χ3n) is 0.953. The second-order valence-corrected chi connectivity index (χ2v) is 3.12. The summed E-state index contributed by atoms with van der Waals surface area (Å²) in [6.07, 6.45) is 1.24. The van der Waals surface area contributed by atoms with Crippen LogP contribution in [0.5, 0.6) is 0 Å². The normalized spacial score (nSPS) is 9.70. The molecule has 0 aromatic carbocycles. The van der Waals surface area contributed by atoms with Crippen molar-refractivity contribution in [3.05, 3.63) is 0 Å². The molecule has 0 spiro atoms. The van der Waals surface area contributed by atoms with E-state index in [1.165, 1.54) is 0 Å². The fourth-order valence-electron chi connectivity index (χ4n) is 0.447. The Morgan fingerprint density at radius 2 is 2.20 bits per heavy atom. The van der Waals surface area contributed by atoms with Gasteiger partial charge in [-0.2, -0.15) is 11.8 Å². The SMILES string of the molecule is NCCCSCCC(=O)O. The molecule has 0 rings (SSSR count). The van der Waals surface area contributed by atoms with Crippen LogP contribution in [0.25, 0.3) is 0 Å². The largest absolute Gasteiger partial charge is 0.481 e. The number of nitrogens with two attached hydrogens (primary N) is 1. The van der Waals surface area contributed by atoms with Gasteiger partial charge in [-0.3, -0.25) is 4.79 Å². The van der Waals surface area contributed by atoms with Gasteiger partial charge in [-0.25, -0.2) is 0 Å².